The highest BCUT2D eigenvalue weighted by molar-refractivity contribution is 5.41. The third-order valence-corrected chi connectivity index (χ3v) is 10.8. The van der Waals surface area contributed by atoms with Crippen molar-refractivity contribution in [1.29, 1.82) is 5.26 Å². The summed E-state index contributed by atoms with van der Waals surface area (Å²) in [6, 6.07) is 4.33. The topological polar surface area (TPSA) is 23.8 Å². The molecule has 0 spiro atoms. The van der Waals surface area contributed by atoms with Crippen molar-refractivity contribution >= 4 is 0 Å². The number of hydrogen-bond donors (Lipinski definition) is 0. The van der Waals surface area contributed by atoms with Gasteiger partial charge in [-0.1, -0.05) is 70.8 Å². The summed E-state index contributed by atoms with van der Waals surface area (Å²) >= 11 is 0. The first kappa shape index (κ1) is 31.0. The molecule has 0 saturated heterocycles. The van der Waals surface area contributed by atoms with E-state index in [1.807, 2.05) is 0 Å². The van der Waals surface area contributed by atoms with Crippen molar-refractivity contribution in [2.75, 3.05) is 0 Å². The Labute approximate surface area is 247 Å². The number of hydrogen-bond acceptors (Lipinski definition) is 1. The van der Waals surface area contributed by atoms with Crippen LogP contribution in [0.2, 0.25) is 0 Å². The molecule has 228 valence electrons. The molecule has 3 aliphatic carbocycles. The van der Waals surface area contributed by atoms with Crippen molar-refractivity contribution in [3.63, 3.8) is 0 Å². The highest BCUT2D eigenvalue weighted by Gasteiger charge is 2.35. The largest absolute Gasteiger partial charge is 0.206 e. The molecule has 1 unspecified atom stereocenters. The minimum absolute atomic E-state index is 0.162. The van der Waals surface area contributed by atoms with Gasteiger partial charge in [0.15, 0.2) is 23.3 Å². The van der Waals surface area contributed by atoms with Gasteiger partial charge in [-0.05, 0) is 104 Å². The first-order chi connectivity index (χ1) is 20.3. The highest BCUT2D eigenvalue weighted by Crippen LogP contribution is 2.46. The van der Waals surface area contributed by atoms with Crippen molar-refractivity contribution < 1.29 is 22.0 Å². The monoisotopic (exact) mass is 585 g/mol. The number of benzene rings is 2. The third-order valence-electron chi connectivity index (χ3n) is 10.8. The average Bonchev–Trinajstić information content (AvgIpc) is 3.01. The van der Waals surface area contributed by atoms with Gasteiger partial charge in [-0.25, -0.2) is 22.0 Å². The van der Waals surface area contributed by atoms with Crippen LogP contribution in [0, 0.1) is 58.2 Å². The maximum Gasteiger partial charge on any atom is 0.176 e. The summed E-state index contributed by atoms with van der Waals surface area (Å²) in [5, 5.41) is 8.94. The molecule has 6 heteroatoms. The summed E-state index contributed by atoms with van der Waals surface area (Å²) in [5.74, 6) is -3.68. The van der Waals surface area contributed by atoms with Gasteiger partial charge in [0.1, 0.15) is 11.9 Å². The Bertz CT molecular complexity index is 1280. The van der Waals surface area contributed by atoms with Crippen LogP contribution in [0.4, 0.5) is 22.0 Å². The van der Waals surface area contributed by atoms with Gasteiger partial charge >= 0.3 is 0 Å². The fourth-order valence-electron chi connectivity index (χ4n) is 8.21. The van der Waals surface area contributed by atoms with Crippen LogP contribution in [-0.2, 0) is 12.8 Å². The van der Waals surface area contributed by atoms with Crippen LogP contribution >= 0.6 is 0 Å². The first-order valence-electron chi connectivity index (χ1n) is 16.4. The molecule has 2 aromatic rings. The Morgan fingerprint density at radius 1 is 0.643 bits per heavy atom. The smallest absolute Gasteiger partial charge is 0.176 e. The predicted octanol–water partition coefficient (Wildman–Crippen LogP) is 11.0. The normalized spacial score (nSPS) is 26.1. The van der Waals surface area contributed by atoms with Crippen LogP contribution < -0.4 is 0 Å². The SMILES string of the molecule is CCCCCC1CCC(CCC2CCc3c(F)c(C4CCC(c5ccc(C#N)c(F)c5F)CC4)c(F)c(F)c3C2)CC1. The molecule has 0 amide bonds. The summed E-state index contributed by atoms with van der Waals surface area (Å²) in [4.78, 5) is 0. The molecule has 42 heavy (non-hydrogen) atoms. The summed E-state index contributed by atoms with van der Waals surface area (Å²) in [5.41, 5.74) is 0.253. The minimum Gasteiger partial charge on any atom is -0.206 e. The second-order valence-electron chi connectivity index (χ2n) is 13.4. The van der Waals surface area contributed by atoms with Crippen molar-refractivity contribution in [3.8, 4) is 6.07 Å². The zero-order valence-corrected chi connectivity index (χ0v) is 24.9. The molecular weight excluding hydrogens is 541 g/mol. The Morgan fingerprint density at radius 3 is 1.95 bits per heavy atom. The maximum absolute atomic E-state index is 15.8. The van der Waals surface area contributed by atoms with Crippen LogP contribution in [0.25, 0.3) is 0 Å². The zero-order chi connectivity index (χ0) is 29.8. The van der Waals surface area contributed by atoms with Crippen molar-refractivity contribution in [2.45, 2.75) is 128 Å². The quantitative estimate of drug-likeness (QED) is 0.163. The lowest BCUT2D eigenvalue weighted by molar-refractivity contribution is 0.232. The molecule has 0 bridgehead atoms. The van der Waals surface area contributed by atoms with E-state index in [1.165, 1.54) is 63.5 Å². The molecule has 0 radical (unpaired) electrons. The van der Waals surface area contributed by atoms with Crippen LogP contribution in [-0.4, -0.2) is 0 Å². The number of nitriles is 1. The molecule has 3 aliphatic rings. The Morgan fingerprint density at radius 2 is 1.29 bits per heavy atom. The predicted molar refractivity (Wildman–Crippen MR) is 156 cm³/mol. The van der Waals surface area contributed by atoms with Gasteiger partial charge in [-0.2, -0.15) is 5.26 Å². The van der Waals surface area contributed by atoms with Gasteiger partial charge in [-0.3, -0.25) is 0 Å². The summed E-state index contributed by atoms with van der Waals surface area (Å²) in [6.07, 6.45) is 15.8. The Kier molecular flexibility index (Phi) is 10.3. The molecule has 0 N–H and O–H groups in total. The van der Waals surface area contributed by atoms with Crippen LogP contribution in [0.1, 0.15) is 143 Å². The summed E-state index contributed by atoms with van der Waals surface area (Å²) in [6.45, 7) is 2.25. The van der Waals surface area contributed by atoms with Crippen molar-refractivity contribution in [1.82, 2.24) is 0 Å². The van der Waals surface area contributed by atoms with E-state index in [-0.39, 0.29) is 34.1 Å². The number of fused-ring (bicyclic) bond motifs is 1. The minimum atomic E-state index is -1.16. The molecule has 5 rings (SSSR count). The van der Waals surface area contributed by atoms with Crippen LogP contribution in [0.15, 0.2) is 12.1 Å². The molecule has 1 nitrogen and oxygen atoms in total. The number of halogens is 5. The standard InChI is InChI=1S/C36H44F5N/c1-2-3-4-5-22-6-8-23(9-7-22)10-11-24-12-18-29-30(20-24)35(40)36(41)31(33(29)38)26-15-13-25(14-16-26)28-19-17-27(21-42)32(37)34(28)39/h17,19,22-26H,2-16,18,20H2,1H3. The molecule has 2 fully saturated rings. The lowest BCUT2D eigenvalue weighted by atomic mass is 9.73. The zero-order valence-electron chi connectivity index (χ0n) is 24.9. The van der Waals surface area contributed by atoms with Gasteiger partial charge in [0.25, 0.3) is 0 Å². The lowest BCUT2D eigenvalue weighted by Crippen LogP contribution is -2.23. The van der Waals surface area contributed by atoms with E-state index in [9.17, 15) is 8.78 Å². The van der Waals surface area contributed by atoms with Gasteiger partial charge in [0.2, 0.25) is 0 Å². The second kappa shape index (κ2) is 13.9. The van der Waals surface area contributed by atoms with Crippen molar-refractivity contribution in [2.24, 2.45) is 17.8 Å². The van der Waals surface area contributed by atoms with Crippen LogP contribution in [0.5, 0.6) is 0 Å². The van der Waals surface area contributed by atoms with Gasteiger partial charge in [-0.15, -0.1) is 0 Å². The number of nitrogens with zero attached hydrogens (tertiary/aromatic N) is 1. The highest BCUT2D eigenvalue weighted by atomic mass is 19.2. The maximum atomic E-state index is 15.8. The molecule has 2 saturated carbocycles. The van der Waals surface area contributed by atoms with E-state index >= 15 is 13.2 Å². The van der Waals surface area contributed by atoms with E-state index in [0.29, 0.717) is 44.1 Å². The van der Waals surface area contributed by atoms with E-state index < -0.39 is 35.0 Å². The van der Waals surface area contributed by atoms with Crippen molar-refractivity contribution in [3.05, 3.63) is 69.0 Å². The first-order valence-corrected chi connectivity index (χ1v) is 16.4. The lowest BCUT2D eigenvalue weighted by Gasteiger charge is -2.33. The summed E-state index contributed by atoms with van der Waals surface area (Å²) < 4.78 is 75.5. The number of rotatable bonds is 9. The van der Waals surface area contributed by atoms with Gasteiger partial charge in [0.05, 0.1) is 5.56 Å². The molecule has 0 aromatic heterocycles. The fourth-order valence-corrected chi connectivity index (χ4v) is 8.21. The molecular formula is C36H44F5N. The van der Waals surface area contributed by atoms with Gasteiger partial charge in [0, 0.05) is 5.56 Å². The number of unbranched alkanes of at least 4 members (excludes halogenated alkanes) is 2. The fraction of sp³-hybridized carbons (Fsp3) is 0.639. The van der Waals surface area contributed by atoms with Crippen LogP contribution in [0.3, 0.4) is 0 Å². The average molecular weight is 586 g/mol. The van der Waals surface area contributed by atoms with E-state index in [1.54, 1.807) is 6.07 Å². The molecule has 1 atom stereocenters. The molecule has 0 heterocycles. The molecule has 0 aliphatic heterocycles. The second-order valence-corrected chi connectivity index (χ2v) is 13.4. The van der Waals surface area contributed by atoms with E-state index in [2.05, 4.69) is 6.92 Å². The third kappa shape index (κ3) is 6.56. The van der Waals surface area contributed by atoms with E-state index in [0.717, 1.165) is 31.1 Å². The van der Waals surface area contributed by atoms with Gasteiger partial charge < -0.3 is 0 Å². The summed E-state index contributed by atoms with van der Waals surface area (Å²) in [7, 11) is 0. The Hall–Kier alpha value is -2.42. The molecule has 2 aromatic carbocycles. The Balaban J connectivity index is 1.19. The van der Waals surface area contributed by atoms with E-state index in [4.69, 9.17) is 5.26 Å².